The molecule has 0 aliphatic carbocycles. The lowest BCUT2D eigenvalue weighted by molar-refractivity contribution is 0.0727. The summed E-state index contributed by atoms with van der Waals surface area (Å²) in [5.41, 5.74) is 5.95. The van der Waals surface area contributed by atoms with Crippen molar-refractivity contribution in [1.82, 2.24) is 14.8 Å². The van der Waals surface area contributed by atoms with Crippen LogP contribution in [0.3, 0.4) is 0 Å². The highest BCUT2D eigenvalue weighted by Gasteiger charge is 2.23. The standard InChI is InChI=1S/C20H22N4O/c1-13-10-18(15-6-8-17(21-5)9-7-15)14(2)24(13)12-16-11-22-23-19(16)20(3,4)25/h6-11,25H,12H2,1-4H3,(H,22,23). The molecule has 2 N–H and O–H groups in total. The summed E-state index contributed by atoms with van der Waals surface area (Å²) in [6.07, 6.45) is 1.77. The van der Waals surface area contributed by atoms with Gasteiger partial charge in [0.1, 0.15) is 5.60 Å². The maximum atomic E-state index is 10.3. The monoisotopic (exact) mass is 334 g/mol. The summed E-state index contributed by atoms with van der Waals surface area (Å²) in [4.78, 5) is 3.44. The number of benzene rings is 1. The van der Waals surface area contributed by atoms with E-state index in [4.69, 9.17) is 6.57 Å². The van der Waals surface area contributed by atoms with E-state index in [1.54, 1.807) is 20.0 Å². The Bertz CT molecular complexity index is 934. The van der Waals surface area contributed by atoms with Gasteiger partial charge in [0.15, 0.2) is 5.69 Å². The van der Waals surface area contributed by atoms with E-state index in [1.807, 2.05) is 24.3 Å². The molecule has 0 atom stereocenters. The molecule has 0 unspecified atom stereocenters. The van der Waals surface area contributed by atoms with E-state index < -0.39 is 5.60 Å². The number of aromatic amines is 1. The Labute approximate surface area is 147 Å². The quantitative estimate of drug-likeness (QED) is 0.698. The number of nitrogens with one attached hydrogen (secondary N) is 1. The third-order valence-electron chi connectivity index (χ3n) is 4.54. The van der Waals surface area contributed by atoms with Gasteiger partial charge in [-0.05, 0) is 39.3 Å². The first kappa shape index (κ1) is 17.0. The van der Waals surface area contributed by atoms with Crippen LogP contribution in [-0.4, -0.2) is 19.9 Å². The van der Waals surface area contributed by atoms with Crippen LogP contribution in [0.1, 0.15) is 36.5 Å². The lowest BCUT2D eigenvalue weighted by Crippen LogP contribution is -2.19. The molecule has 5 nitrogen and oxygen atoms in total. The molecule has 0 aliphatic rings. The van der Waals surface area contributed by atoms with Crippen LogP contribution in [0.25, 0.3) is 16.0 Å². The van der Waals surface area contributed by atoms with Crippen LogP contribution in [0, 0.1) is 20.4 Å². The van der Waals surface area contributed by atoms with Crippen LogP contribution in [0.4, 0.5) is 5.69 Å². The molecule has 0 bridgehead atoms. The average Bonchev–Trinajstić information content (AvgIpc) is 3.15. The van der Waals surface area contributed by atoms with Crippen LogP contribution in [-0.2, 0) is 12.1 Å². The Hall–Kier alpha value is -2.84. The number of aromatic nitrogens is 3. The summed E-state index contributed by atoms with van der Waals surface area (Å²) < 4.78 is 2.22. The van der Waals surface area contributed by atoms with Crippen LogP contribution in [0.5, 0.6) is 0 Å². The highest BCUT2D eigenvalue weighted by Crippen LogP contribution is 2.30. The van der Waals surface area contributed by atoms with E-state index in [2.05, 4.69) is 39.5 Å². The van der Waals surface area contributed by atoms with E-state index in [1.165, 1.54) is 0 Å². The van der Waals surface area contributed by atoms with E-state index in [9.17, 15) is 5.11 Å². The Morgan fingerprint density at radius 1 is 1.24 bits per heavy atom. The van der Waals surface area contributed by atoms with Crippen molar-refractivity contribution < 1.29 is 5.11 Å². The topological polar surface area (TPSA) is 58.2 Å². The second-order valence-electron chi connectivity index (χ2n) is 6.86. The number of hydrogen-bond donors (Lipinski definition) is 2. The zero-order valence-corrected chi connectivity index (χ0v) is 15.0. The van der Waals surface area contributed by atoms with E-state index in [0.29, 0.717) is 12.2 Å². The van der Waals surface area contributed by atoms with Gasteiger partial charge in [0.2, 0.25) is 0 Å². The fourth-order valence-corrected chi connectivity index (χ4v) is 3.18. The van der Waals surface area contributed by atoms with Crippen molar-refractivity contribution in [2.24, 2.45) is 0 Å². The Morgan fingerprint density at radius 3 is 2.52 bits per heavy atom. The van der Waals surface area contributed by atoms with Gasteiger partial charge in [0, 0.05) is 22.5 Å². The molecule has 1 aromatic carbocycles. The number of rotatable bonds is 4. The zero-order valence-electron chi connectivity index (χ0n) is 15.0. The Kier molecular flexibility index (Phi) is 4.23. The molecular formula is C20H22N4O. The van der Waals surface area contributed by atoms with Gasteiger partial charge in [-0.1, -0.05) is 24.3 Å². The third kappa shape index (κ3) is 3.21. The molecule has 0 radical (unpaired) electrons. The largest absolute Gasteiger partial charge is 0.384 e. The average molecular weight is 334 g/mol. The summed E-state index contributed by atoms with van der Waals surface area (Å²) in [6.45, 7) is 15.4. The molecular weight excluding hydrogens is 312 g/mol. The van der Waals surface area contributed by atoms with Crippen molar-refractivity contribution in [2.45, 2.75) is 39.8 Å². The fourth-order valence-electron chi connectivity index (χ4n) is 3.18. The SMILES string of the molecule is [C-]#[N+]c1ccc(-c2cc(C)n(Cc3cn[nH]c3C(C)(C)O)c2C)cc1. The minimum absolute atomic E-state index is 0.644. The van der Waals surface area contributed by atoms with Gasteiger partial charge in [-0.15, -0.1) is 0 Å². The Morgan fingerprint density at radius 2 is 1.92 bits per heavy atom. The van der Waals surface area contributed by atoms with Gasteiger partial charge >= 0.3 is 0 Å². The summed E-state index contributed by atoms with van der Waals surface area (Å²) in [6, 6.07) is 9.82. The first-order valence-corrected chi connectivity index (χ1v) is 8.21. The molecule has 5 heteroatoms. The van der Waals surface area contributed by atoms with Gasteiger partial charge < -0.3 is 9.67 Å². The predicted molar refractivity (Wildman–Crippen MR) is 98.5 cm³/mol. The molecule has 0 amide bonds. The molecule has 2 aromatic heterocycles. The smallest absolute Gasteiger partial charge is 0.187 e. The van der Waals surface area contributed by atoms with Crippen molar-refractivity contribution in [3.05, 3.63) is 70.6 Å². The van der Waals surface area contributed by atoms with Crippen molar-refractivity contribution in [1.29, 1.82) is 0 Å². The Balaban J connectivity index is 1.98. The van der Waals surface area contributed by atoms with Gasteiger partial charge in [0.05, 0.1) is 25.0 Å². The fraction of sp³-hybridized carbons (Fsp3) is 0.300. The van der Waals surface area contributed by atoms with Crippen LogP contribution >= 0.6 is 0 Å². The molecule has 3 rings (SSSR count). The van der Waals surface area contributed by atoms with Crippen LogP contribution in [0.2, 0.25) is 0 Å². The number of aliphatic hydroxyl groups is 1. The molecule has 0 fully saturated rings. The second kappa shape index (κ2) is 6.23. The van der Waals surface area contributed by atoms with Crippen molar-refractivity contribution in [2.75, 3.05) is 0 Å². The second-order valence-corrected chi connectivity index (χ2v) is 6.86. The molecule has 0 spiro atoms. The number of nitrogens with zero attached hydrogens (tertiary/aromatic N) is 3. The molecule has 2 heterocycles. The normalized spacial score (nSPS) is 11.5. The first-order chi connectivity index (χ1) is 11.8. The van der Waals surface area contributed by atoms with E-state index in [-0.39, 0.29) is 0 Å². The van der Waals surface area contributed by atoms with Gasteiger partial charge in [0.25, 0.3) is 0 Å². The number of H-pyrrole nitrogens is 1. The molecule has 128 valence electrons. The van der Waals surface area contributed by atoms with E-state index in [0.717, 1.165) is 33.8 Å². The minimum atomic E-state index is -0.959. The molecule has 0 aliphatic heterocycles. The van der Waals surface area contributed by atoms with Crippen LogP contribution in [0.15, 0.2) is 36.5 Å². The molecule has 3 aromatic rings. The molecule has 0 saturated heterocycles. The summed E-state index contributed by atoms with van der Waals surface area (Å²) >= 11 is 0. The maximum Gasteiger partial charge on any atom is 0.187 e. The number of aryl methyl sites for hydroxylation is 1. The van der Waals surface area contributed by atoms with Crippen LogP contribution < -0.4 is 0 Å². The summed E-state index contributed by atoms with van der Waals surface area (Å²) in [7, 11) is 0. The van der Waals surface area contributed by atoms with Gasteiger partial charge in [-0.2, -0.15) is 5.10 Å². The minimum Gasteiger partial charge on any atom is -0.384 e. The van der Waals surface area contributed by atoms with Crippen molar-refractivity contribution in [3.63, 3.8) is 0 Å². The third-order valence-corrected chi connectivity index (χ3v) is 4.54. The van der Waals surface area contributed by atoms with E-state index >= 15 is 0 Å². The van der Waals surface area contributed by atoms with Gasteiger partial charge in [-0.25, -0.2) is 4.85 Å². The van der Waals surface area contributed by atoms with Gasteiger partial charge in [-0.3, -0.25) is 5.10 Å². The zero-order chi connectivity index (χ0) is 18.2. The summed E-state index contributed by atoms with van der Waals surface area (Å²) in [5, 5.41) is 17.3. The first-order valence-electron chi connectivity index (χ1n) is 8.21. The molecule has 0 saturated carbocycles. The van der Waals surface area contributed by atoms with Crippen molar-refractivity contribution >= 4 is 5.69 Å². The van der Waals surface area contributed by atoms with Crippen molar-refractivity contribution in [3.8, 4) is 11.1 Å². The lowest BCUT2D eigenvalue weighted by Gasteiger charge is -2.18. The maximum absolute atomic E-state index is 10.3. The predicted octanol–water partition coefficient (Wildman–Crippen LogP) is 4.32. The molecule has 25 heavy (non-hydrogen) atoms. The highest BCUT2D eigenvalue weighted by atomic mass is 16.3. The number of hydrogen-bond acceptors (Lipinski definition) is 2. The lowest BCUT2D eigenvalue weighted by atomic mass is 10.0. The highest BCUT2D eigenvalue weighted by molar-refractivity contribution is 5.69. The summed E-state index contributed by atoms with van der Waals surface area (Å²) in [5.74, 6) is 0.